The number of rotatable bonds is 2. The minimum Gasteiger partial charge on any atom is -0.382 e. The predicted octanol–water partition coefficient (Wildman–Crippen LogP) is 3.26. The molecule has 0 radical (unpaired) electrons. The van der Waals surface area contributed by atoms with Crippen LogP contribution in [0.25, 0.3) is 16.8 Å². The van der Waals surface area contributed by atoms with Crippen LogP contribution < -0.4 is 5.73 Å². The van der Waals surface area contributed by atoms with Crippen LogP contribution in [0.4, 0.5) is 10.2 Å². The second-order valence-corrected chi connectivity index (χ2v) is 4.22. The average molecular weight is 253 g/mol. The van der Waals surface area contributed by atoms with Gasteiger partial charge in [-0.2, -0.15) is 5.10 Å². The Bertz CT molecular complexity index is 687. The molecule has 0 aliphatic carbocycles. The molecule has 0 fully saturated rings. The lowest BCUT2D eigenvalue weighted by molar-refractivity contribution is 0.627. The Morgan fingerprint density at radius 2 is 1.63 bits per heavy atom. The van der Waals surface area contributed by atoms with Gasteiger partial charge in [0.15, 0.2) is 5.82 Å². The van der Waals surface area contributed by atoms with Crippen LogP contribution in [0.2, 0.25) is 0 Å². The Labute approximate surface area is 110 Å². The zero-order valence-corrected chi connectivity index (χ0v) is 10.1. The third-order valence-corrected chi connectivity index (χ3v) is 2.92. The van der Waals surface area contributed by atoms with Gasteiger partial charge in [-0.1, -0.05) is 30.3 Å². The van der Waals surface area contributed by atoms with Gasteiger partial charge in [-0.3, -0.25) is 0 Å². The van der Waals surface area contributed by atoms with E-state index in [9.17, 15) is 4.39 Å². The lowest BCUT2D eigenvalue weighted by Gasteiger charge is -1.99. The number of nitrogen functional groups attached to an aromatic ring is 1. The van der Waals surface area contributed by atoms with E-state index >= 15 is 0 Å². The van der Waals surface area contributed by atoms with Gasteiger partial charge in [0.1, 0.15) is 5.82 Å². The molecular weight excluding hydrogens is 241 g/mol. The van der Waals surface area contributed by atoms with Crippen molar-refractivity contribution in [3.63, 3.8) is 0 Å². The van der Waals surface area contributed by atoms with Crippen molar-refractivity contribution >= 4 is 5.82 Å². The summed E-state index contributed by atoms with van der Waals surface area (Å²) < 4.78 is 14.5. The first-order chi connectivity index (χ1) is 9.24. The first-order valence-electron chi connectivity index (χ1n) is 5.90. The van der Waals surface area contributed by atoms with Crippen molar-refractivity contribution < 1.29 is 4.39 Å². The molecular formula is C15H12FN3. The van der Waals surface area contributed by atoms with Crippen LogP contribution in [-0.4, -0.2) is 9.78 Å². The lowest BCUT2D eigenvalue weighted by Crippen LogP contribution is -1.95. The van der Waals surface area contributed by atoms with Gasteiger partial charge in [0.2, 0.25) is 0 Å². The second-order valence-electron chi connectivity index (χ2n) is 4.22. The fraction of sp³-hybridized carbons (Fsp3) is 0. The molecule has 0 amide bonds. The maximum atomic E-state index is 12.9. The van der Waals surface area contributed by atoms with Crippen LogP contribution in [0.1, 0.15) is 0 Å². The molecule has 0 saturated carbocycles. The van der Waals surface area contributed by atoms with Gasteiger partial charge < -0.3 is 5.73 Å². The smallest absolute Gasteiger partial charge is 0.153 e. The fourth-order valence-corrected chi connectivity index (χ4v) is 1.95. The van der Waals surface area contributed by atoms with Gasteiger partial charge in [-0.15, -0.1) is 0 Å². The van der Waals surface area contributed by atoms with E-state index in [1.54, 1.807) is 16.8 Å². The minimum absolute atomic E-state index is 0.271. The molecule has 0 atom stereocenters. The van der Waals surface area contributed by atoms with Crippen molar-refractivity contribution in [1.29, 1.82) is 0 Å². The molecule has 1 heterocycles. The Balaban J connectivity index is 2.04. The van der Waals surface area contributed by atoms with E-state index < -0.39 is 0 Å². The van der Waals surface area contributed by atoms with Crippen molar-refractivity contribution in [2.45, 2.75) is 0 Å². The molecule has 0 spiro atoms. The van der Waals surface area contributed by atoms with Crippen LogP contribution in [-0.2, 0) is 0 Å². The molecule has 3 nitrogen and oxygen atoms in total. The summed E-state index contributed by atoms with van der Waals surface area (Å²) >= 11 is 0. The topological polar surface area (TPSA) is 43.8 Å². The summed E-state index contributed by atoms with van der Waals surface area (Å²) in [7, 11) is 0. The van der Waals surface area contributed by atoms with E-state index in [1.807, 2.05) is 36.5 Å². The first kappa shape index (κ1) is 11.5. The summed E-state index contributed by atoms with van der Waals surface area (Å²) in [6, 6.07) is 15.9. The first-order valence-corrected chi connectivity index (χ1v) is 5.90. The molecule has 0 saturated heterocycles. The van der Waals surface area contributed by atoms with Gasteiger partial charge in [0.25, 0.3) is 0 Å². The fourth-order valence-electron chi connectivity index (χ4n) is 1.95. The molecule has 1 aromatic heterocycles. The highest BCUT2D eigenvalue weighted by molar-refractivity contribution is 5.73. The highest BCUT2D eigenvalue weighted by Gasteiger charge is 2.08. The van der Waals surface area contributed by atoms with Crippen molar-refractivity contribution in [2.24, 2.45) is 0 Å². The number of halogens is 1. The van der Waals surface area contributed by atoms with Gasteiger partial charge in [-0.05, 0) is 29.8 Å². The number of benzene rings is 2. The molecule has 2 aromatic carbocycles. The number of hydrogen-bond acceptors (Lipinski definition) is 2. The summed E-state index contributed by atoms with van der Waals surface area (Å²) in [5.41, 5.74) is 8.58. The van der Waals surface area contributed by atoms with Crippen LogP contribution in [0.3, 0.4) is 0 Å². The van der Waals surface area contributed by atoms with Crippen LogP contribution in [0.5, 0.6) is 0 Å². The maximum absolute atomic E-state index is 12.9. The van der Waals surface area contributed by atoms with Gasteiger partial charge in [-0.25, -0.2) is 9.07 Å². The van der Waals surface area contributed by atoms with Gasteiger partial charge >= 0.3 is 0 Å². The van der Waals surface area contributed by atoms with Gasteiger partial charge in [0.05, 0.1) is 5.69 Å². The predicted molar refractivity (Wildman–Crippen MR) is 73.4 cm³/mol. The molecule has 19 heavy (non-hydrogen) atoms. The van der Waals surface area contributed by atoms with E-state index in [0.29, 0.717) is 5.82 Å². The number of nitrogens with two attached hydrogens (primary N) is 1. The van der Waals surface area contributed by atoms with Crippen molar-refractivity contribution in [3.8, 4) is 16.8 Å². The Morgan fingerprint density at radius 3 is 2.32 bits per heavy atom. The average Bonchev–Trinajstić information content (AvgIpc) is 2.83. The number of hydrogen-bond donors (Lipinski definition) is 1. The summed E-state index contributed by atoms with van der Waals surface area (Å²) in [5, 5.41) is 4.26. The van der Waals surface area contributed by atoms with E-state index in [-0.39, 0.29) is 5.82 Å². The number of aromatic nitrogens is 2. The number of anilines is 1. The van der Waals surface area contributed by atoms with Crippen LogP contribution >= 0.6 is 0 Å². The Kier molecular flexibility index (Phi) is 2.76. The van der Waals surface area contributed by atoms with Crippen molar-refractivity contribution in [2.75, 3.05) is 5.73 Å². The van der Waals surface area contributed by atoms with E-state index in [1.165, 1.54) is 12.1 Å². The molecule has 2 N–H and O–H groups in total. The molecule has 4 heteroatoms. The van der Waals surface area contributed by atoms with Crippen LogP contribution in [0, 0.1) is 5.82 Å². The molecule has 3 aromatic rings. The van der Waals surface area contributed by atoms with Gasteiger partial charge in [0, 0.05) is 11.8 Å². The lowest BCUT2D eigenvalue weighted by atomic mass is 10.1. The van der Waals surface area contributed by atoms with E-state index in [0.717, 1.165) is 16.8 Å². The molecule has 3 rings (SSSR count). The second kappa shape index (κ2) is 4.57. The highest BCUT2D eigenvalue weighted by Crippen LogP contribution is 2.25. The summed E-state index contributed by atoms with van der Waals surface area (Å²) in [4.78, 5) is 0. The zero-order chi connectivity index (χ0) is 13.2. The number of nitrogens with zero attached hydrogens (tertiary/aromatic N) is 2. The standard InChI is InChI=1S/C15H12FN3/c16-12-6-8-13(9-7-12)19-10-14(15(17)18-19)11-4-2-1-3-5-11/h1-10H,(H2,17,18). The molecule has 0 unspecified atom stereocenters. The molecule has 94 valence electrons. The third kappa shape index (κ3) is 2.20. The molecule has 0 bridgehead atoms. The monoisotopic (exact) mass is 253 g/mol. The highest BCUT2D eigenvalue weighted by atomic mass is 19.1. The largest absolute Gasteiger partial charge is 0.382 e. The van der Waals surface area contributed by atoms with Crippen molar-refractivity contribution in [3.05, 3.63) is 66.6 Å². The van der Waals surface area contributed by atoms with Crippen LogP contribution in [0.15, 0.2) is 60.8 Å². The minimum atomic E-state index is -0.271. The van der Waals surface area contributed by atoms with Crippen molar-refractivity contribution in [1.82, 2.24) is 9.78 Å². The normalized spacial score (nSPS) is 10.6. The Morgan fingerprint density at radius 1 is 0.947 bits per heavy atom. The molecule has 0 aliphatic heterocycles. The summed E-state index contributed by atoms with van der Waals surface area (Å²) in [6.07, 6.45) is 1.85. The maximum Gasteiger partial charge on any atom is 0.153 e. The zero-order valence-electron chi connectivity index (χ0n) is 10.1. The SMILES string of the molecule is Nc1nn(-c2ccc(F)cc2)cc1-c1ccccc1. The van der Waals surface area contributed by atoms with E-state index in [2.05, 4.69) is 5.10 Å². The quantitative estimate of drug-likeness (QED) is 0.761. The third-order valence-electron chi connectivity index (χ3n) is 2.92. The summed E-state index contributed by atoms with van der Waals surface area (Å²) in [5.74, 6) is 0.183. The Hall–Kier alpha value is -2.62. The summed E-state index contributed by atoms with van der Waals surface area (Å²) in [6.45, 7) is 0. The molecule has 0 aliphatic rings. The van der Waals surface area contributed by atoms with E-state index in [4.69, 9.17) is 5.73 Å².